The fourth-order valence-electron chi connectivity index (χ4n) is 2.41. The number of carbonyl (C=O) groups excluding carboxylic acids is 1. The van der Waals surface area contributed by atoms with E-state index >= 15 is 0 Å². The number of morpholine rings is 1. The Morgan fingerprint density at radius 1 is 1.68 bits per heavy atom. The van der Waals surface area contributed by atoms with Gasteiger partial charge >= 0.3 is 5.97 Å². The van der Waals surface area contributed by atoms with Crippen molar-refractivity contribution in [2.24, 2.45) is 0 Å². The minimum atomic E-state index is -0.197. The molecule has 0 amide bonds. The Kier molecular flexibility index (Phi) is 5.36. The van der Waals surface area contributed by atoms with Gasteiger partial charge in [-0.2, -0.15) is 11.3 Å². The molecule has 0 bridgehead atoms. The van der Waals surface area contributed by atoms with Crippen molar-refractivity contribution in [2.45, 2.75) is 31.9 Å². The molecule has 0 spiro atoms. The molecular formula is C14H21NO3S. The van der Waals surface area contributed by atoms with Gasteiger partial charge in [0, 0.05) is 19.1 Å². The Morgan fingerprint density at radius 2 is 2.53 bits per heavy atom. The minimum absolute atomic E-state index is 0.0360. The van der Waals surface area contributed by atoms with Gasteiger partial charge in [-0.25, -0.2) is 0 Å². The zero-order chi connectivity index (χ0) is 13.7. The normalized spacial score (nSPS) is 22.1. The van der Waals surface area contributed by atoms with E-state index in [9.17, 15) is 4.79 Å². The third-order valence-electron chi connectivity index (χ3n) is 3.53. The molecule has 1 aromatic heterocycles. The molecule has 0 aromatic carbocycles. The van der Waals surface area contributed by atoms with Gasteiger partial charge in [0.15, 0.2) is 0 Å². The summed E-state index contributed by atoms with van der Waals surface area (Å²) in [7, 11) is 1.42. The van der Waals surface area contributed by atoms with E-state index in [1.165, 1.54) is 12.7 Å². The van der Waals surface area contributed by atoms with Crippen LogP contribution >= 0.6 is 11.3 Å². The number of ether oxygens (including phenoxy) is 2. The van der Waals surface area contributed by atoms with E-state index in [0.717, 1.165) is 19.5 Å². The van der Waals surface area contributed by atoms with Crippen LogP contribution in [0.2, 0.25) is 0 Å². The lowest BCUT2D eigenvalue weighted by Crippen LogP contribution is -2.48. The van der Waals surface area contributed by atoms with E-state index in [-0.39, 0.29) is 12.1 Å². The fourth-order valence-corrected chi connectivity index (χ4v) is 3.10. The average molecular weight is 283 g/mol. The lowest BCUT2D eigenvalue weighted by Gasteiger charge is -2.36. The van der Waals surface area contributed by atoms with Gasteiger partial charge in [0.2, 0.25) is 0 Å². The van der Waals surface area contributed by atoms with E-state index in [4.69, 9.17) is 9.47 Å². The molecule has 19 heavy (non-hydrogen) atoms. The zero-order valence-electron chi connectivity index (χ0n) is 11.5. The van der Waals surface area contributed by atoms with Crippen LogP contribution in [0.15, 0.2) is 16.8 Å². The lowest BCUT2D eigenvalue weighted by molar-refractivity contribution is -0.146. The number of rotatable bonds is 5. The first-order valence-corrected chi connectivity index (χ1v) is 7.57. The van der Waals surface area contributed by atoms with Gasteiger partial charge in [0.25, 0.3) is 0 Å². The Hall–Kier alpha value is -0.910. The molecule has 0 saturated carbocycles. The standard InChI is InChI=1S/C14H21NO3S/c1-11(7-12-3-6-19-10-12)15-4-5-18-13(9-15)8-14(16)17-2/h3,6,10-11,13H,4-5,7-9H2,1-2H3. The molecule has 2 unspecified atom stereocenters. The van der Waals surface area contributed by atoms with Crippen LogP contribution in [0, 0.1) is 0 Å². The molecule has 4 nitrogen and oxygen atoms in total. The third kappa shape index (κ3) is 4.30. The van der Waals surface area contributed by atoms with Crippen LogP contribution in [0.5, 0.6) is 0 Å². The van der Waals surface area contributed by atoms with Gasteiger partial charge < -0.3 is 9.47 Å². The first kappa shape index (κ1) is 14.5. The Bertz CT molecular complexity index is 393. The van der Waals surface area contributed by atoms with Crippen LogP contribution < -0.4 is 0 Å². The van der Waals surface area contributed by atoms with Crippen molar-refractivity contribution in [3.63, 3.8) is 0 Å². The number of carbonyl (C=O) groups is 1. The molecule has 1 aliphatic rings. The third-order valence-corrected chi connectivity index (χ3v) is 4.26. The van der Waals surface area contributed by atoms with Crippen molar-refractivity contribution in [1.82, 2.24) is 4.90 Å². The zero-order valence-corrected chi connectivity index (χ0v) is 12.3. The van der Waals surface area contributed by atoms with Crippen molar-refractivity contribution < 1.29 is 14.3 Å². The lowest BCUT2D eigenvalue weighted by atomic mass is 10.1. The van der Waals surface area contributed by atoms with Crippen molar-refractivity contribution in [3.05, 3.63) is 22.4 Å². The fraction of sp³-hybridized carbons (Fsp3) is 0.643. The molecule has 2 atom stereocenters. The molecule has 1 saturated heterocycles. The predicted molar refractivity (Wildman–Crippen MR) is 75.4 cm³/mol. The average Bonchev–Trinajstić information content (AvgIpc) is 2.91. The highest BCUT2D eigenvalue weighted by Crippen LogP contribution is 2.16. The molecule has 2 rings (SSSR count). The first-order chi connectivity index (χ1) is 9.19. The molecule has 106 valence electrons. The highest BCUT2D eigenvalue weighted by molar-refractivity contribution is 7.07. The maximum atomic E-state index is 11.3. The van der Waals surface area contributed by atoms with Crippen LogP contribution in [-0.2, 0) is 20.7 Å². The summed E-state index contributed by atoms with van der Waals surface area (Å²) in [5.74, 6) is -0.197. The second-order valence-corrected chi connectivity index (χ2v) is 5.73. The van der Waals surface area contributed by atoms with E-state index in [1.807, 2.05) is 0 Å². The molecular weight excluding hydrogens is 262 g/mol. The first-order valence-electron chi connectivity index (χ1n) is 6.62. The van der Waals surface area contributed by atoms with Crippen molar-refractivity contribution in [2.75, 3.05) is 26.8 Å². The Morgan fingerprint density at radius 3 is 3.21 bits per heavy atom. The van der Waals surface area contributed by atoms with E-state index in [0.29, 0.717) is 19.1 Å². The summed E-state index contributed by atoms with van der Waals surface area (Å²) < 4.78 is 10.3. The SMILES string of the molecule is COC(=O)CC1CN(C(C)Cc2ccsc2)CCO1. The number of methoxy groups -OCH3 is 1. The Labute approximate surface area is 118 Å². The van der Waals surface area contributed by atoms with Gasteiger partial charge in [-0.1, -0.05) is 0 Å². The number of hydrogen-bond donors (Lipinski definition) is 0. The van der Waals surface area contributed by atoms with Crippen LogP contribution in [0.1, 0.15) is 18.9 Å². The maximum absolute atomic E-state index is 11.3. The summed E-state index contributed by atoms with van der Waals surface area (Å²) >= 11 is 1.74. The number of thiophene rings is 1. The predicted octanol–water partition coefficient (Wildman–Crippen LogP) is 1.94. The molecule has 0 N–H and O–H groups in total. The van der Waals surface area contributed by atoms with E-state index in [2.05, 4.69) is 28.7 Å². The van der Waals surface area contributed by atoms with Gasteiger partial charge in [-0.15, -0.1) is 0 Å². The molecule has 1 aromatic rings. The number of nitrogens with zero attached hydrogens (tertiary/aromatic N) is 1. The second kappa shape index (κ2) is 7.03. The highest BCUT2D eigenvalue weighted by atomic mass is 32.1. The van der Waals surface area contributed by atoms with Crippen molar-refractivity contribution in [3.8, 4) is 0 Å². The van der Waals surface area contributed by atoms with Gasteiger partial charge in [-0.05, 0) is 35.7 Å². The largest absolute Gasteiger partial charge is 0.469 e. The van der Waals surface area contributed by atoms with Crippen LogP contribution in [0.3, 0.4) is 0 Å². The quantitative estimate of drug-likeness (QED) is 0.774. The molecule has 5 heteroatoms. The summed E-state index contributed by atoms with van der Waals surface area (Å²) in [5.41, 5.74) is 1.38. The summed E-state index contributed by atoms with van der Waals surface area (Å²) in [4.78, 5) is 13.7. The topological polar surface area (TPSA) is 38.8 Å². The van der Waals surface area contributed by atoms with E-state index in [1.54, 1.807) is 11.3 Å². The van der Waals surface area contributed by atoms with Crippen LogP contribution in [0.4, 0.5) is 0 Å². The van der Waals surface area contributed by atoms with Crippen LogP contribution in [-0.4, -0.2) is 49.8 Å². The van der Waals surface area contributed by atoms with Crippen LogP contribution in [0.25, 0.3) is 0 Å². The Balaban J connectivity index is 1.84. The van der Waals surface area contributed by atoms with Crippen molar-refractivity contribution >= 4 is 17.3 Å². The van der Waals surface area contributed by atoms with E-state index < -0.39 is 0 Å². The van der Waals surface area contributed by atoms with Crippen molar-refractivity contribution in [1.29, 1.82) is 0 Å². The molecule has 0 radical (unpaired) electrons. The summed E-state index contributed by atoms with van der Waals surface area (Å²) in [6, 6.07) is 2.65. The minimum Gasteiger partial charge on any atom is -0.469 e. The molecule has 0 aliphatic carbocycles. The molecule has 2 heterocycles. The second-order valence-electron chi connectivity index (χ2n) is 4.95. The van der Waals surface area contributed by atoms with Gasteiger partial charge in [-0.3, -0.25) is 9.69 Å². The number of esters is 1. The molecule has 1 fully saturated rings. The summed E-state index contributed by atoms with van der Waals surface area (Å²) in [6.07, 6.45) is 1.36. The maximum Gasteiger partial charge on any atom is 0.308 e. The van der Waals surface area contributed by atoms with Gasteiger partial charge in [0.05, 0.1) is 26.2 Å². The smallest absolute Gasteiger partial charge is 0.308 e. The van der Waals surface area contributed by atoms with Gasteiger partial charge in [0.1, 0.15) is 0 Å². The molecule has 1 aliphatic heterocycles. The highest BCUT2D eigenvalue weighted by Gasteiger charge is 2.26. The monoisotopic (exact) mass is 283 g/mol. The summed E-state index contributed by atoms with van der Waals surface area (Å²) in [6.45, 7) is 4.66. The summed E-state index contributed by atoms with van der Waals surface area (Å²) in [5, 5.41) is 4.31. The number of hydrogen-bond acceptors (Lipinski definition) is 5.